The van der Waals surface area contributed by atoms with E-state index in [2.05, 4.69) is 10.6 Å². The van der Waals surface area contributed by atoms with Gasteiger partial charge in [-0.25, -0.2) is 0 Å². The molecule has 2 rings (SSSR count). The lowest BCUT2D eigenvalue weighted by atomic mass is 10.1. The van der Waals surface area contributed by atoms with Gasteiger partial charge in [0.1, 0.15) is 6.04 Å². The van der Waals surface area contributed by atoms with Crippen LogP contribution in [-0.4, -0.2) is 72.9 Å². The first-order valence-electron chi connectivity index (χ1n) is 6.71. The Morgan fingerprint density at radius 3 is 2.95 bits per heavy atom. The molecule has 3 atom stereocenters. The lowest BCUT2D eigenvalue weighted by molar-refractivity contribution is -0.149. The average molecular weight is 271 g/mol. The van der Waals surface area contributed by atoms with Gasteiger partial charge in [-0.2, -0.15) is 0 Å². The lowest BCUT2D eigenvalue weighted by Crippen LogP contribution is -2.59. The Kier molecular flexibility index (Phi) is 4.73. The fraction of sp³-hybridized carbons (Fsp3) is 0.833. The highest BCUT2D eigenvalue weighted by Crippen LogP contribution is 2.14. The van der Waals surface area contributed by atoms with Crippen LogP contribution in [0.5, 0.6) is 0 Å². The molecule has 2 aliphatic rings. The molecule has 0 aliphatic carbocycles. The van der Waals surface area contributed by atoms with Crippen molar-refractivity contribution in [2.24, 2.45) is 0 Å². The average Bonchev–Trinajstić information content (AvgIpc) is 2.85. The van der Waals surface area contributed by atoms with Gasteiger partial charge in [0.2, 0.25) is 11.8 Å². The van der Waals surface area contributed by atoms with Gasteiger partial charge in [0.15, 0.2) is 0 Å². The molecule has 2 fully saturated rings. The molecule has 0 bridgehead atoms. The summed E-state index contributed by atoms with van der Waals surface area (Å²) in [7, 11) is 0. The number of carbonyl (C=O) groups is 2. The molecule has 7 heteroatoms. The number of likely N-dealkylation sites (N-methyl/N-ethyl adjacent to an activating group) is 1. The molecule has 3 unspecified atom stereocenters. The van der Waals surface area contributed by atoms with Crippen LogP contribution >= 0.6 is 0 Å². The van der Waals surface area contributed by atoms with Crippen molar-refractivity contribution >= 4 is 11.8 Å². The normalized spacial score (nSPS) is 31.3. The van der Waals surface area contributed by atoms with Crippen LogP contribution in [0.3, 0.4) is 0 Å². The summed E-state index contributed by atoms with van der Waals surface area (Å²) in [4.78, 5) is 25.9. The molecule has 7 nitrogen and oxygen atoms in total. The Bertz CT molecular complexity index is 350. The maximum atomic E-state index is 12.4. The minimum atomic E-state index is -0.569. The zero-order chi connectivity index (χ0) is 13.8. The minimum Gasteiger partial charge on any atom is -0.392 e. The van der Waals surface area contributed by atoms with Gasteiger partial charge in [-0.3, -0.25) is 9.59 Å². The van der Waals surface area contributed by atoms with Gasteiger partial charge in [-0.15, -0.1) is 0 Å². The predicted octanol–water partition coefficient (Wildman–Crippen LogP) is -1.93. The molecular formula is C12H21N3O4. The minimum absolute atomic E-state index is 0.129. The summed E-state index contributed by atoms with van der Waals surface area (Å²) in [5, 5.41) is 15.2. The fourth-order valence-electron chi connectivity index (χ4n) is 2.48. The number of nitrogens with zero attached hydrogens (tertiary/aromatic N) is 1. The van der Waals surface area contributed by atoms with Gasteiger partial charge in [0.25, 0.3) is 0 Å². The number of hydrogen-bond donors (Lipinski definition) is 3. The van der Waals surface area contributed by atoms with Crippen LogP contribution in [0.15, 0.2) is 0 Å². The first kappa shape index (κ1) is 14.2. The number of amides is 2. The van der Waals surface area contributed by atoms with Crippen LogP contribution in [0.2, 0.25) is 0 Å². The Labute approximate surface area is 112 Å². The molecule has 3 N–H and O–H groups in total. The summed E-state index contributed by atoms with van der Waals surface area (Å²) in [6.07, 6.45) is -0.0869. The molecule has 2 saturated heterocycles. The van der Waals surface area contributed by atoms with E-state index in [4.69, 9.17) is 4.74 Å². The van der Waals surface area contributed by atoms with Crippen LogP contribution in [0, 0.1) is 0 Å². The molecule has 108 valence electrons. The van der Waals surface area contributed by atoms with Crippen molar-refractivity contribution in [2.45, 2.75) is 31.5 Å². The highest BCUT2D eigenvalue weighted by Gasteiger charge is 2.38. The van der Waals surface area contributed by atoms with Crippen LogP contribution in [0.4, 0.5) is 0 Å². The summed E-state index contributed by atoms with van der Waals surface area (Å²) in [6.45, 7) is 3.87. The van der Waals surface area contributed by atoms with E-state index in [9.17, 15) is 14.7 Å². The maximum Gasteiger partial charge on any atom is 0.245 e. The van der Waals surface area contributed by atoms with Crippen LogP contribution < -0.4 is 10.6 Å². The van der Waals surface area contributed by atoms with Gasteiger partial charge in [0, 0.05) is 19.6 Å². The Balaban J connectivity index is 2.02. The Hall–Kier alpha value is -1.18. The molecule has 2 amide bonds. The van der Waals surface area contributed by atoms with E-state index in [1.165, 1.54) is 0 Å². The smallest absolute Gasteiger partial charge is 0.245 e. The van der Waals surface area contributed by atoms with Gasteiger partial charge >= 0.3 is 0 Å². The fourth-order valence-corrected chi connectivity index (χ4v) is 2.48. The first-order valence-corrected chi connectivity index (χ1v) is 6.71. The van der Waals surface area contributed by atoms with Crippen LogP contribution in [0.25, 0.3) is 0 Å². The van der Waals surface area contributed by atoms with Crippen molar-refractivity contribution in [3.63, 3.8) is 0 Å². The third-order valence-electron chi connectivity index (χ3n) is 3.47. The SMILES string of the molecule is CCNC(=O)C1COCCN1C(=O)C1CC(O)CN1. The number of carbonyl (C=O) groups excluding carboxylic acids is 2. The number of rotatable bonds is 3. The zero-order valence-corrected chi connectivity index (χ0v) is 11.1. The third-order valence-corrected chi connectivity index (χ3v) is 3.47. The number of β-amino-alcohol motifs (C(OH)–C–C–N with tert-alkyl or cyclic N) is 1. The molecule has 19 heavy (non-hydrogen) atoms. The summed E-state index contributed by atoms with van der Waals surface area (Å²) in [5.41, 5.74) is 0. The van der Waals surface area contributed by atoms with Gasteiger partial charge in [0.05, 0.1) is 25.4 Å². The second kappa shape index (κ2) is 6.31. The van der Waals surface area contributed by atoms with Crippen LogP contribution in [0.1, 0.15) is 13.3 Å². The zero-order valence-electron chi connectivity index (χ0n) is 11.1. The van der Waals surface area contributed by atoms with Crippen molar-refractivity contribution in [1.29, 1.82) is 0 Å². The van der Waals surface area contributed by atoms with Gasteiger partial charge in [-0.05, 0) is 13.3 Å². The number of nitrogens with one attached hydrogen (secondary N) is 2. The Morgan fingerprint density at radius 2 is 2.32 bits per heavy atom. The van der Waals surface area contributed by atoms with Gasteiger partial charge < -0.3 is 25.4 Å². The first-order chi connectivity index (χ1) is 9.13. The molecule has 2 heterocycles. The summed E-state index contributed by atoms with van der Waals surface area (Å²) >= 11 is 0. The number of hydrogen-bond acceptors (Lipinski definition) is 5. The van der Waals surface area contributed by atoms with E-state index in [-0.39, 0.29) is 18.4 Å². The Morgan fingerprint density at radius 1 is 1.53 bits per heavy atom. The van der Waals surface area contributed by atoms with Crippen molar-refractivity contribution in [2.75, 3.05) is 32.8 Å². The van der Waals surface area contributed by atoms with E-state index >= 15 is 0 Å². The van der Waals surface area contributed by atoms with E-state index in [1.54, 1.807) is 4.90 Å². The summed E-state index contributed by atoms with van der Waals surface area (Å²) in [5.74, 6) is -0.315. The second-order valence-corrected chi connectivity index (χ2v) is 4.87. The predicted molar refractivity (Wildman–Crippen MR) is 67.4 cm³/mol. The van der Waals surface area contributed by atoms with Crippen molar-refractivity contribution < 1.29 is 19.4 Å². The molecule has 0 radical (unpaired) electrons. The van der Waals surface area contributed by atoms with E-state index in [0.717, 1.165) is 0 Å². The molecule has 2 aliphatic heterocycles. The largest absolute Gasteiger partial charge is 0.392 e. The molecular weight excluding hydrogens is 250 g/mol. The second-order valence-electron chi connectivity index (χ2n) is 4.87. The highest BCUT2D eigenvalue weighted by atomic mass is 16.5. The highest BCUT2D eigenvalue weighted by molar-refractivity contribution is 5.90. The molecule has 0 saturated carbocycles. The van der Waals surface area contributed by atoms with Crippen molar-refractivity contribution in [3.05, 3.63) is 0 Å². The number of aliphatic hydroxyl groups excluding tert-OH is 1. The third kappa shape index (κ3) is 3.23. The maximum absolute atomic E-state index is 12.4. The van der Waals surface area contributed by atoms with Gasteiger partial charge in [-0.1, -0.05) is 0 Å². The van der Waals surface area contributed by atoms with E-state index in [1.807, 2.05) is 6.92 Å². The van der Waals surface area contributed by atoms with E-state index in [0.29, 0.717) is 32.7 Å². The molecule has 0 aromatic rings. The summed E-state index contributed by atoms with van der Waals surface area (Å²) in [6, 6.07) is -0.967. The quantitative estimate of drug-likeness (QED) is 0.556. The van der Waals surface area contributed by atoms with Crippen molar-refractivity contribution in [1.82, 2.24) is 15.5 Å². The van der Waals surface area contributed by atoms with Crippen molar-refractivity contribution in [3.8, 4) is 0 Å². The summed E-state index contributed by atoms with van der Waals surface area (Å²) < 4.78 is 5.29. The monoisotopic (exact) mass is 271 g/mol. The molecule has 0 aromatic carbocycles. The molecule has 0 spiro atoms. The van der Waals surface area contributed by atoms with E-state index < -0.39 is 18.2 Å². The van der Waals surface area contributed by atoms with Crippen LogP contribution in [-0.2, 0) is 14.3 Å². The number of aliphatic hydroxyl groups is 1. The standard InChI is InChI=1S/C12H21N3O4/c1-2-13-11(17)10-7-19-4-3-15(10)12(18)9-5-8(16)6-14-9/h8-10,14,16H,2-7H2,1H3,(H,13,17). The number of ether oxygens (including phenoxy) is 1. The molecule has 0 aromatic heterocycles. The number of morpholine rings is 1. The topological polar surface area (TPSA) is 90.9 Å². The lowest BCUT2D eigenvalue weighted by Gasteiger charge is -2.36.